The molecule has 5 nitrogen and oxygen atoms in total. The fraction of sp³-hybridized carbons (Fsp3) is 0.417. The number of hydrogen-bond acceptors (Lipinski definition) is 5. The summed E-state index contributed by atoms with van der Waals surface area (Å²) < 4.78 is 0. The van der Waals surface area contributed by atoms with E-state index in [9.17, 15) is 4.79 Å². The van der Waals surface area contributed by atoms with E-state index in [0.717, 1.165) is 61.9 Å². The number of rotatable bonds is 2. The van der Waals surface area contributed by atoms with Gasteiger partial charge in [-0.1, -0.05) is 24.6 Å². The summed E-state index contributed by atoms with van der Waals surface area (Å²) in [4.78, 5) is 26.0. The molecule has 0 radical (unpaired) electrons. The number of amidine groups is 1. The highest BCUT2D eigenvalue weighted by molar-refractivity contribution is 6.28. The highest BCUT2D eigenvalue weighted by Gasteiger charge is 2.41. The summed E-state index contributed by atoms with van der Waals surface area (Å²) in [5, 5.41) is 3.59. The Bertz CT molecular complexity index is 1080. The van der Waals surface area contributed by atoms with Crippen molar-refractivity contribution in [3.05, 3.63) is 63.8 Å². The van der Waals surface area contributed by atoms with E-state index in [-0.39, 0.29) is 17.0 Å². The van der Waals surface area contributed by atoms with Crippen molar-refractivity contribution in [2.24, 2.45) is 16.8 Å². The molecule has 0 saturated carbocycles. The molecule has 3 aliphatic carbocycles. The zero-order chi connectivity index (χ0) is 20.8. The third kappa shape index (κ3) is 3.16. The van der Waals surface area contributed by atoms with E-state index in [1.807, 2.05) is 6.20 Å². The molecule has 4 aliphatic rings. The summed E-state index contributed by atoms with van der Waals surface area (Å²) >= 11 is 5.96. The number of carbonyl (C=O) groups excluding carboxylic acids is 1. The molecule has 154 valence electrons. The quantitative estimate of drug-likeness (QED) is 0.501. The molecule has 0 fully saturated rings. The minimum atomic E-state index is 0.183. The topological polar surface area (TPSA) is 67.2 Å². The van der Waals surface area contributed by atoms with Gasteiger partial charge < -0.3 is 5.32 Å². The average molecular weight is 421 g/mol. The Morgan fingerprint density at radius 1 is 1.20 bits per heavy atom. The molecule has 0 aromatic carbocycles. The van der Waals surface area contributed by atoms with Crippen molar-refractivity contribution >= 4 is 29.0 Å². The SMILES string of the molecule is C=C1CCC2=C(C1=O)C1=C(CC2)C2C(=CN=C(Nc3ccnc(Cl)n3)C2CC)CC1. The van der Waals surface area contributed by atoms with Gasteiger partial charge in [0.15, 0.2) is 5.78 Å². The molecule has 1 N–H and O–H groups in total. The number of aromatic nitrogens is 2. The van der Waals surface area contributed by atoms with E-state index < -0.39 is 0 Å². The van der Waals surface area contributed by atoms with Gasteiger partial charge in [0.1, 0.15) is 11.7 Å². The Morgan fingerprint density at radius 3 is 2.83 bits per heavy atom. The Labute approximate surface area is 181 Å². The highest BCUT2D eigenvalue weighted by Crippen LogP contribution is 2.51. The smallest absolute Gasteiger partial charge is 0.224 e. The third-order valence-electron chi connectivity index (χ3n) is 6.90. The minimum Gasteiger partial charge on any atom is -0.328 e. The molecule has 0 bridgehead atoms. The van der Waals surface area contributed by atoms with Crippen molar-refractivity contribution in [2.45, 2.75) is 51.9 Å². The number of ketones is 1. The van der Waals surface area contributed by atoms with Crippen LogP contribution in [-0.4, -0.2) is 21.6 Å². The fourth-order valence-corrected chi connectivity index (χ4v) is 5.64. The minimum absolute atomic E-state index is 0.183. The van der Waals surface area contributed by atoms with Gasteiger partial charge in [-0.15, -0.1) is 0 Å². The number of hydrogen-bond donors (Lipinski definition) is 1. The number of aliphatic imine (C=N–C) groups is 1. The van der Waals surface area contributed by atoms with Crippen molar-refractivity contribution in [1.29, 1.82) is 0 Å². The summed E-state index contributed by atoms with van der Waals surface area (Å²) in [7, 11) is 0. The van der Waals surface area contributed by atoms with E-state index in [2.05, 4.69) is 28.8 Å². The lowest BCUT2D eigenvalue weighted by Crippen LogP contribution is -2.37. The monoisotopic (exact) mass is 420 g/mol. The number of halogens is 1. The fourth-order valence-electron chi connectivity index (χ4n) is 5.49. The van der Waals surface area contributed by atoms with Gasteiger partial charge in [-0.05, 0) is 79.3 Å². The second-order valence-electron chi connectivity index (χ2n) is 8.46. The molecule has 6 heteroatoms. The standard InChI is InChI=1S/C24H25ClN4O/c1-3-16-20-15(12-27-23(16)28-19-10-11-26-24(25)29-19)7-9-18-17(20)8-6-14-5-4-13(2)22(30)21(14)18/h10-12,16,20H,2-9H2,1H3,(H,26,27,28,29). The van der Waals surface area contributed by atoms with E-state index in [4.69, 9.17) is 16.6 Å². The first kappa shape index (κ1) is 19.4. The molecule has 2 heterocycles. The first-order chi connectivity index (χ1) is 14.6. The number of allylic oxidation sites excluding steroid dienone is 6. The van der Waals surface area contributed by atoms with Crippen molar-refractivity contribution in [2.75, 3.05) is 5.32 Å². The van der Waals surface area contributed by atoms with Crippen LogP contribution < -0.4 is 5.32 Å². The largest absolute Gasteiger partial charge is 0.328 e. The average Bonchev–Trinajstić information content (AvgIpc) is 2.75. The van der Waals surface area contributed by atoms with Gasteiger partial charge in [0, 0.05) is 29.8 Å². The summed E-state index contributed by atoms with van der Waals surface area (Å²) in [5.74, 6) is 2.28. The van der Waals surface area contributed by atoms with Crippen LogP contribution in [0.3, 0.4) is 0 Å². The van der Waals surface area contributed by atoms with Crippen LogP contribution in [0.25, 0.3) is 0 Å². The molecule has 5 rings (SSSR count). The molecule has 30 heavy (non-hydrogen) atoms. The van der Waals surface area contributed by atoms with Crippen LogP contribution >= 0.6 is 11.6 Å². The van der Waals surface area contributed by atoms with Crippen LogP contribution in [0.4, 0.5) is 5.82 Å². The van der Waals surface area contributed by atoms with Gasteiger partial charge in [-0.2, -0.15) is 0 Å². The zero-order valence-electron chi connectivity index (χ0n) is 17.2. The van der Waals surface area contributed by atoms with Crippen LogP contribution in [0.15, 0.2) is 63.5 Å². The molecule has 0 spiro atoms. The van der Waals surface area contributed by atoms with E-state index in [1.54, 1.807) is 12.3 Å². The second kappa shape index (κ2) is 7.62. The number of carbonyl (C=O) groups is 1. The summed E-state index contributed by atoms with van der Waals surface area (Å²) in [6.45, 7) is 6.23. The normalized spacial score (nSPS) is 25.9. The molecule has 1 aromatic heterocycles. The molecule has 2 unspecified atom stereocenters. The molecule has 0 saturated heterocycles. The lowest BCUT2D eigenvalue weighted by atomic mass is 9.64. The Hall–Kier alpha value is -2.53. The maximum atomic E-state index is 13.0. The third-order valence-corrected chi connectivity index (χ3v) is 7.08. The van der Waals surface area contributed by atoms with E-state index in [1.165, 1.54) is 22.3 Å². The molecular weight excluding hydrogens is 396 g/mol. The molecular formula is C24H25ClN4O. The highest BCUT2D eigenvalue weighted by atomic mass is 35.5. The van der Waals surface area contributed by atoms with Gasteiger partial charge in [-0.3, -0.25) is 4.79 Å². The van der Waals surface area contributed by atoms with Crippen LogP contribution in [-0.2, 0) is 4.79 Å². The van der Waals surface area contributed by atoms with Crippen molar-refractivity contribution < 1.29 is 4.79 Å². The predicted octanol–water partition coefficient (Wildman–Crippen LogP) is 5.58. The van der Waals surface area contributed by atoms with Gasteiger partial charge in [0.05, 0.1) is 0 Å². The molecule has 1 aromatic rings. The van der Waals surface area contributed by atoms with Crippen LogP contribution in [0.1, 0.15) is 51.9 Å². The Morgan fingerprint density at radius 2 is 2.03 bits per heavy atom. The van der Waals surface area contributed by atoms with Gasteiger partial charge in [-0.25, -0.2) is 15.0 Å². The maximum Gasteiger partial charge on any atom is 0.224 e. The summed E-state index contributed by atoms with van der Waals surface area (Å²) in [6, 6.07) is 1.80. The first-order valence-electron chi connectivity index (χ1n) is 10.8. The molecule has 1 aliphatic heterocycles. The summed E-state index contributed by atoms with van der Waals surface area (Å²) in [6.07, 6.45) is 10.4. The number of Topliss-reactive ketones (excluding diaryl/α,β-unsaturated/α-hetero) is 1. The van der Waals surface area contributed by atoms with Gasteiger partial charge >= 0.3 is 0 Å². The van der Waals surface area contributed by atoms with Crippen LogP contribution in [0.5, 0.6) is 0 Å². The molecule has 2 atom stereocenters. The van der Waals surface area contributed by atoms with Crippen LogP contribution in [0.2, 0.25) is 5.28 Å². The van der Waals surface area contributed by atoms with Gasteiger partial charge in [0.2, 0.25) is 5.28 Å². The Kier molecular flexibility index (Phi) is 4.94. The van der Waals surface area contributed by atoms with Crippen molar-refractivity contribution in [3.63, 3.8) is 0 Å². The Balaban J connectivity index is 1.53. The first-order valence-corrected chi connectivity index (χ1v) is 11.1. The number of nitrogens with one attached hydrogen (secondary N) is 1. The summed E-state index contributed by atoms with van der Waals surface area (Å²) in [5.41, 5.74) is 7.25. The van der Waals surface area contributed by atoms with Gasteiger partial charge in [0.25, 0.3) is 0 Å². The van der Waals surface area contributed by atoms with Crippen molar-refractivity contribution in [3.8, 4) is 0 Å². The lowest BCUT2D eigenvalue weighted by Gasteiger charge is -2.42. The van der Waals surface area contributed by atoms with E-state index >= 15 is 0 Å². The maximum absolute atomic E-state index is 13.0. The van der Waals surface area contributed by atoms with Crippen molar-refractivity contribution in [1.82, 2.24) is 9.97 Å². The predicted molar refractivity (Wildman–Crippen MR) is 119 cm³/mol. The second-order valence-corrected chi connectivity index (χ2v) is 8.80. The number of fused-ring (bicyclic) bond motifs is 3. The zero-order valence-corrected chi connectivity index (χ0v) is 17.9. The van der Waals surface area contributed by atoms with E-state index in [0.29, 0.717) is 11.7 Å². The lowest BCUT2D eigenvalue weighted by molar-refractivity contribution is -0.112. The van der Waals surface area contributed by atoms with Crippen LogP contribution in [0, 0.1) is 11.8 Å². The number of nitrogens with zero attached hydrogens (tertiary/aromatic N) is 3. The molecule has 0 amide bonds. The number of anilines is 1.